The van der Waals surface area contributed by atoms with E-state index in [1.807, 2.05) is 0 Å². The van der Waals surface area contributed by atoms with E-state index in [0.717, 1.165) is 18.4 Å². The topological polar surface area (TPSA) is 21.3 Å². The molecule has 2 aliphatic heterocycles. The number of rotatable bonds is 5. The molecule has 4 atom stereocenters. The average Bonchev–Trinajstić information content (AvgIpc) is 2.74. The van der Waals surface area contributed by atoms with E-state index in [4.69, 9.17) is 4.74 Å². The minimum absolute atomic E-state index is 0.578. The third-order valence-electron chi connectivity index (χ3n) is 3.79. The Balaban J connectivity index is 1.66. The highest BCUT2D eigenvalue weighted by Gasteiger charge is 2.40. The molecule has 0 aliphatic carbocycles. The summed E-state index contributed by atoms with van der Waals surface area (Å²) in [7, 11) is 0. The Morgan fingerprint density at radius 1 is 1.27 bits per heavy atom. The van der Waals surface area contributed by atoms with Gasteiger partial charge in [0.05, 0.1) is 12.2 Å². The van der Waals surface area contributed by atoms with E-state index in [1.165, 1.54) is 25.7 Å². The molecule has 0 amide bonds. The minimum Gasteiger partial charge on any atom is -0.375 e. The van der Waals surface area contributed by atoms with Crippen molar-refractivity contribution in [2.24, 2.45) is 11.8 Å². The highest BCUT2D eigenvalue weighted by molar-refractivity contribution is 4.90. The lowest BCUT2D eigenvalue weighted by atomic mass is 9.89. The summed E-state index contributed by atoms with van der Waals surface area (Å²) in [6.07, 6.45) is 6.36. The van der Waals surface area contributed by atoms with E-state index < -0.39 is 0 Å². The van der Waals surface area contributed by atoms with Gasteiger partial charge in [0.25, 0.3) is 0 Å². The maximum Gasteiger partial charge on any atom is 0.0621 e. The number of hydrogen-bond donors (Lipinski definition) is 1. The summed E-state index contributed by atoms with van der Waals surface area (Å²) in [5.41, 5.74) is 0. The predicted octanol–water partition coefficient (Wildman–Crippen LogP) is 2.58. The third-order valence-corrected chi connectivity index (χ3v) is 3.79. The van der Waals surface area contributed by atoms with Crippen LogP contribution in [-0.4, -0.2) is 24.8 Å². The van der Waals surface area contributed by atoms with E-state index >= 15 is 0 Å². The minimum atomic E-state index is 0.578. The van der Waals surface area contributed by atoms with Crippen LogP contribution in [-0.2, 0) is 4.74 Å². The molecule has 88 valence electrons. The van der Waals surface area contributed by atoms with Crippen molar-refractivity contribution in [2.45, 2.75) is 64.7 Å². The van der Waals surface area contributed by atoms with E-state index in [2.05, 4.69) is 26.1 Å². The smallest absolute Gasteiger partial charge is 0.0621 e. The van der Waals surface area contributed by atoms with Gasteiger partial charge in [0.15, 0.2) is 0 Å². The van der Waals surface area contributed by atoms with E-state index in [1.54, 1.807) is 0 Å². The maximum absolute atomic E-state index is 5.86. The van der Waals surface area contributed by atoms with Crippen LogP contribution < -0.4 is 5.32 Å². The molecule has 4 unspecified atom stereocenters. The monoisotopic (exact) mass is 211 g/mol. The fraction of sp³-hybridized carbons (Fsp3) is 1.00. The van der Waals surface area contributed by atoms with Gasteiger partial charge in [-0.25, -0.2) is 0 Å². The van der Waals surface area contributed by atoms with Gasteiger partial charge in [0.1, 0.15) is 0 Å². The fourth-order valence-corrected chi connectivity index (χ4v) is 3.10. The van der Waals surface area contributed by atoms with Gasteiger partial charge in [-0.3, -0.25) is 0 Å². The zero-order valence-electron chi connectivity index (χ0n) is 10.3. The van der Waals surface area contributed by atoms with Crippen LogP contribution in [0.2, 0.25) is 0 Å². The molecule has 2 aliphatic rings. The molecule has 2 bridgehead atoms. The summed E-state index contributed by atoms with van der Waals surface area (Å²) in [5.74, 6) is 1.59. The summed E-state index contributed by atoms with van der Waals surface area (Å²) in [6.45, 7) is 8.04. The molecule has 0 saturated carbocycles. The molecule has 15 heavy (non-hydrogen) atoms. The second-order valence-electron chi connectivity index (χ2n) is 5.81. The third kappa shape index (κ3) is 2.94. The van der Waals surface area contributed by atoms with Crippen molar-refractivity contribution in [1.29, 1.82) is 0 Å². The lowest BCUT2D eigenvalue weighted by molar-refractivity contribution is 0.0919. The van der Waals surface area contributed by atoms with Gasteiger partial charge in [-0.15, -0.1) is 0 Å². The summed E-state index contributed by atoms with van der Waals surface area (Å²) >= 11 is 0. The van der Waals surface area contributed by atoms with Crippen LogP contribution in [0.25, 0.3) is 0 Å². The first-order chi connectivity index (χ1) is 7.15. The Morgan fingerprint density at radius 2 is 2.07 bits per heavy atom. The summed E-state index contributed by atoms with van der Waals surface area (Å²) < 4.78 is 5.86. The van der Waals surface area contributed by atoms with Gasteiger partial charge < -0.3 is 10.1 Å². The molecule has 2 nitrogen and oxygen atoms in total. The second-order valence-corrected chi connectivity index (χ2v) is 5.81. The lowest BCUT2D eigenvalue weighted by Gasteiger charge is -2.22. The Hall–Kier alpha value is -0.0800. The molecule has 2 saturated heterocycles. The van der Waals surface area contributed by atoms with Gasteiger partial charge >= 0.3 is 0 Å². The van der Waals surface area contributed by atoms with Gasteiger partial charge in [-0.05, 0) is 38.5 Å². The van der Waals surface area contributed by atoms with Gasteiger partial charge in [0, 0.05) is 18.5 Å². The van der Waals surface area contributed by atoms with Crippen LogP contribution in [0, 0.1) is 11.8 Å². The first-order valence-corrected chi connectivity index (χ1v) is 6.54. The van der Waals surface area contributed by atoms with Crippen LogP contribution in [0.4, 0.5) is 0 Å². The van der Waals surface area contributed by atoms with Crippen molar-refractivity contribution >= 4 is 0 Å². The summed E-state index contributed by atoms with van der Waals surface area (Å²) in [5, 5.41) is 3.66. The molecule has 1 N–H and O–H groups in total. The first kappa shape index (κ1) is 11.4. The van der Waals surface area contributed by atoms with Crippen molar-refractivity contribution in [3.05, 3.63) is 0 Å². The van der Waals surface area contributed by atoms with E-state index in [9.17, 15) is 0 Å². The van der Waals surface area contributed by atoms with Crippen molar-refractivity contribution in [1.82, 2.24) is 5.32 Å². The number of nitrogens with one attached hydrogen (secondary N) is 1. The van der Waals surface area contributed by atoms with Crippen LogP contribution in [0.1, 0.15) is 46.5 Å². The van der Waals surface area contributed by atoms with Crippen molar-refractivity contribution < 1.29 is 4.74 Å². The number of fused-ring (bicyclic) bond motifs is 2. The van der Waals surface area contributed by atoms with Crippen LogP contribution in [0.3, 0.4) is 0 Å². The van der Waals surface area contributed by atoms with Gasteiger partial charge in [-0.1, -0.05) is 13.8 Å². The van der Waals surface area contributed by atoms with Crippen molar-refractivity contribution in [2.75, 3.05) is 6.54 Å². The van der Waals surface area contributed by atoms with Crippen LogP contribution in [0.5, 0.6) is 0 Å². The molecule has 2 heteroatoms. The van der Waals surface area contributed by atoms with Gasteiger partial charge in [-0.2, -0.15) is 0 Å². The Labute approximate surface area is 93.8 Å². The number of ether oxygens (including phenoxy) is 1. The molecular formula is C13H25NO. The Kier molecular flexibility index (Phi) is 3.68. The fourth-order valence-electron chi connectivity index (χ4n) is 3.10. The largest absolute Gasteiger partial charge is 0.375 e. The van der Waals surface area contributed by atoms with Crippen molar-refractivity contribution in [3.8, 4) is 0 Å². The van der Waals surface area contributed by atoms with Crippen LogP contribution >= 0.6 is 0 Å². The predicted molar refractivity (Wildman–Crippen MR) is 62.9 cm³/mol. The molecule has 0 spiro atoms. The van der Waals surface area contributed by atoms with Gasteiger partial charge in [0.2, 0.25) is 0 Å². The van der Waals surface area contributed by atoms with Crippen LogP contribution in [0.15, 0.2) is 0 Å². The molecule has 2 rings (SSSR count). The second kappa shape index (κ2) is 4.84. The zero-order chi connectivity index (χ0) is 10.8. The molecular weight excluding hydrogens is 186 g/mol. The van der Waals surface area contributed by atoms with E-state index in [0.29, 0.717) is 18.2 Å². The SMILES string of the molecule is CC(C)CC(C)NCC1CC2CCC1O2. The molecule has 2 heterocycles. The molecule has 0 radical (unpaired) electrons. The standard InChI is InChI=1S/C13H25NO/c1-9(2)6-10(3)14-8-11-7-12-4-5-13(11)15-12/h9-14H,4-8H2,1-3H3. The average molecular weight is 211 g/mol. The van der Waals surface area contributed by atoms with E-state index in [-0.39, 0.29) is 0 Å². The first-order valence-electron chi connectivity index (χ1n) is 6.54. The normalized spacial score (nSPS) is 36.4. The zero-order valence-corrected chi connectivity index (χ0v) is 10.3. The summed E-state index contributed by atoms with van der Waals surface area (Å²) in [6, 6.07) is 0.657. The molecule has 0 aromatic rings. The quantitative estimate of drug-likeness (QED) is 0.754. The Morgan fingerprint density at radius 3 is 2.60 bits per heavy atom. The Bertz CT molecular complexity index is 205. The molecule has 2 fully saturated rings. The maximum atomic E-state index is 5.86. The van der Waals surface area contributed by atoms with Crippen molar-refractivity contribution in [3.63, 3.8) is 0 Å². The highest BCUT2D eigenvalue weighted by atomic mass is 16.5. The molecule has 0 aromatic heterocycles. The number of hydrogen-bond acceptors (Lipinski definition) is 2. The summed E-state index contributed by atoms with van der Waals surface area (Å²) in [4.78, 5) is 0. The highest BCUT2D eigenvalue weighted by Crippen LogP contribution is 2.38. The molecule has 0 aromatic carbocycles. The lowest BCUT2D eigenvalue weighted by Crippen LogP contribution is -2.35.